The molecule has 0 rings (SSSR count). The van der Waals surface area contributed by atoms with Gasteiger partial charge in [-0.2, -0.15) is 0 Å². The van der Waals surface area contributed by atoms with E-state index >= 15 is 0 Å². The van der Waals surface area contributed by atoms with Crippen LogP contribution in [0.25, 0.3) is 0 Å². The molecule has 0 bridgehead atoms. The second-order valence-electron chi connectivity index (χ2n) is 8.45. The Morgan fingerprint density at radius 3 is 1.67 bits per heavy atom. The van der Waals surface area contributed by atoms with Crippen LogP contribution in [0.3, 0.4) is 0 Å². The summed E-state index contributed by atoms with van der Waals surface area (Å²) in [6.07, 6.45) is 14.8. The Kier molecular flexibility index (Phi) is 16.8. The van der Waals surface area contributed by atoms with E-state index in [9.17, 15) is 14.7 Å². The maximum Gasteiger partial charge on any atom is 0.388 e. The Bertz CT molecular complexity index is 443. The van der Waals surface area contributed by atoms with Gasteiger partial charge in [-0.05, 0) is 19.8 Å². The van der Waals surface area contributed by atoms with Crippen molar-refractivity contribution in [3.8, 4) is 0 Å². The van der Waals surface area contributed by atoms with E-state index in [2.05, 4.69) is 23.6 Å². The number of aliphatic hydroxyl groups is 1. The first-order valence-electron chi connectivity index (χ1n) is 11.9. The molecule has 0 saturated heterocycles. The first-order valence-corrected chi connectivity index (χ1v) is 11.9. The van der Waals surface area contributed by atoms with E-state index in [0.29, 0.717) is 12.8 Å². The lowest BCUT2D eigenvalue weighted by atomic mass is 9.76. The van der Waals surface area contributed by atoms with Gasteiger partial charge in [0.05, 0.1) is 6.54 Å². The largest absolute Gasteiger partial charge is 0.388 e. The van der Waals surface area contributed by atoms with E-state index in [-0.39, 0.29) is 5.92 Å². The second kappa shape index (κ2) is 17.5. The highest BCUT2D eigenvalue weighted by Gasteiger charge is 2.49. The number of hydrogen-bond donors (Lipinski definition) is 3. The fourth-order valence-corrected chi connectivity index (χ4v) is 3.84. The molecule has 0 aromatic rings. The minimum Gasteiger partial charge on any atom is -0.377 e. The molecule has 2 atom stereocenters. The fraction of sp³-hybridized carbons (Fsp3) is 0.913. The maximum absolute atomic E-state index is 12.6. The summed E-state index contributed by atoms with van der Waals surface area (Å²) in [6.45, 7) is 5.54. The van der Waals surface area contributed by atoms with E-state index in [1.807, 2.05) is 0 Å². The molecule has 0 aliphatic heterocycles. The van der Waals surface area contributed by atoms with Crippen LogP contribution in [-0.4, -0.2) is 35.2 Å². The molecule has 2 unspecified atom stereocenters. The molecular formula is C23H46N2O5. The van der Waals surface area contributed by atoms with Gasteiger partial charge in [0.15, 0.2) is 5.60 Å². The Hall–Kier alpha value is -1.18. The van der Waals surface area contributed by atoms with Gasteiger partial charge in [-0.3, -0.25) is 0 Å². The predicted octanol–water partition coefficient (Wildman–Crippen LogP) is 4.14. The summed E-state index contributed by atoms with van der Waals surface area (Å²) in [5.74, 6) is -2.24. The Balaban J connectivity index is 4.99. The van der Waals surface area contributed by atoms with E-state index < -0.39 is 30.1 Å². The molecule has 0 aliphatic rings. The lowest BCUT2D eigenvalue weighted by Gasteiger charge is -2.36. The molecule has 7 heteroatoms. The maximum atomic E-state index is 12.6. The van der Waals surface area contributed by atoms with Crippen molar-refractivity contribution in [3.05, 3.63) is 0 Å². The van der Waals surface area contributed by atoms with Gasteiger partial charge < -0.3 is 16.6 Å². The highest BCUT2D eigenvalue weighted by atomic mass is 17.2. The summed E-state index contributed by atoms with van der Waals surface area (Å²) < 4.78 is 0. The fourth-order valence-electron chi connectivity index (χ4n) is 3.84. The van der Waals surface area contributed by atoms with Crippen LogP contribution in [0.15, 0.2) is 0 Å². The summed E-state index contributed by atoms with van der Waals surface area (Å²) in [7, 11) is 0. The smallest absolute Gasteiger partial charge is 0.377 e. The average Bonchev–Trinajstić information content (AvgIpc) is 2.74. The van der Waals surface area contributed by atoms with Crippen LogP contribution in [0.1, 0.15) is 111 Å². The van der Waals surface area contributed by atoms with Gasteiger partial charge >= 0.3 is 11.9 Å². The van der Waals surface area contributed by atoms with Gasteiger partial charge in [-0.25, -0.2) is 19.4 Å². The summed E-state index contributed by atoms with van der Waals surface area (Å²) in [5.41, 5.74) is 9.30. The van der Waals surface area contributed by atoms with Crippen molar-refractivity contribution in [1.82, 2.24) is 0 Å². The van der Waals surface area contributed by atoms with E-state index in [0.717, 1.165) is 38.5 Å². The molecule has 30 heavy (non-hydrogen) atoms. The standard InChI is InChI=1S/C23H46N2O5/c1-4-6-8-10-12-14-16-20(17-15-13-11-9-7-5-2)23(28,19(3)25)22(27)30-29-21(26)18-24/h19-20,28H,4-18,24-25H2,1-3H3. The van der Waals surface area contributed by atoms with Crippen LogP contribution >= 0.6 is 0 Å². The topological polar surface area (TPSA) is 125 Å². The van der Waals surface area contributed by atoms with Gasteiger partial charge in [0, 0.05) is 12.0 Å². The monoisotopic (exact) mass is 430 g/mol. The molecule has 0 spiro atoms. The molecule has 0 amide bonds. The van der Waals surface area contributed by atoms with Crippen molar-refractivity contribution in [2.24, 2.45) is 17.4 Å². The summed E-state index contributed by atoms with van der Waals surface area (Å²) in [6, 6.07) is -0.855. The number of hydrogen-bond acceptors (Lipinski definition) is 7. The molecule has 5 N–H and O–H groups in total. The van der Waals surface area contributed by atoms with Crippen LogP contribution in [0.5, 0.6) is 0 Å². The van der Waals surface area contributed by atoms with Crippen molar-refractivity contribution < 1.29 is 24.5 Å². The third kappa shape index (κ3) is 11.3. The Labute approximate surface area is 183 Å². The SMILES string of the molecule is CCCCCCCCC(CCCCCCCC)C(O)(C(=O)OOC(=O)CN)C(C)N. The lowest BCUT2D eigenvalue weighted by molar-refractivity contribution is -0.274. The van der Waals surface area contributed by atoms with Crippen molar-refractivity contribution in [2.75, 3.05) is 6.54 Å². The zero-order chi connectivity index (χ0) is 22.8. The van der Waals surface area contributed by atoms with Crippen molar-refractivity contribution in [3.63, 3.8) is 0 Å². The molecule has 0 saturated carbocycles. The zero-order valence-corrected chi connectivity index (χ0v) is 19.5. The first kappa shape index (κ1) is 28.8. The zero-order valence-electron chi connectivity index (χ0n) is 19.5. The molecule has 0 aliphatic carbocycles. The number of carbonyl (C=O) groups is 2. The second-order valence-corrected chi connectivity index (χ2v) is 8.45. The first-order chi connectivity index (χ1) is 14.3. The number of unbranched alkanes of at least 4 members (excludes halogenated alkanes) is 10. The normalized spacial score (nSPS) is 14.4. The highest BCUT2D eigenvalue weighted by molar-refractivity contribution is 5.81. The number of nitrogens with two attached hydrogens (primary N) is 2. The summed E-state index contributed by atoms with van der Waals surface area (Å²) in [4.78, 5) is 32.9. The van der Waals surface area contributed by atoms with Gasteiger partial charge in [0.25, 0.3) is 0 Å². The molecule has 0 aromatic heterocycles. The van der Waals surface area contributed by atoms with Gasteiger partial charge in [0.1, 0.15) is 0 Å². The predicted molar refractivity (Wildman–Crippen MR) is 119 cm³/mol. The molecular weight excluding hydrogens is 384 g/mol. The Morgan fingerprint density at radius 1 is 0.833 bits per heavy atom. The molecule has 7 nitrogen and oxygen atoms in total. The van der Waals surface area contributed by atoms with Crippen molar-refractivity contribution in [1.29, 1.82) is 0 Å². The van der Waals surface area contributed by atoms with Gasteiger partial charge in [-0.15, -0.1) is 0 Å². The Morgan fingerprint density at radius 2 is 1.27 bits per heavy atom. The lowest BCUT2D eigenvalue weighted by Crippen LogP contribution is -2.58. The van der Waals surface area contributed by atoms with E-state index in [1.165, 1.54) is 38.5 Å². The third-order valence-electron chi connectivity index (χ3n) is 5.83. The number of carbonyl (C=O) groups excluding carboxylic acids is 2. The molecule has 0 heterocycles. The van der Waals surface area contributed by atoms with E-state index in [4.69, 9.17) is 11.5 Å². The number of rotatable bonds is 18. The van der Waals surface area contributed by atoms with Gasteiger partial charge in [-0.1, -0.05) is 90.9 Å². The minimum atomic E-state index is -1.90. The summed E-state index contributed by atoms with van der Waals surface area (Å²) >= 11 is 0. The quantitative estimate of drug-likeness (QED) is 0.169. The molecule has 0 fully saturated rings. The van der Waals surface area contributed by atoms with Gasteiger partial charge in [0.2, 0.25) is 0 Å². The van der Waals surface area contributed by atoms with Crippen molar-refractivity contribution >= 4 is 11.9 Å². The van der Waals surface area contributed by atoms with Crippen LogP contribution in [0, 0.1) is 5.92 Å². The van der Waals surface area contributed by atoms with Crippen molar-refractivity contribution in [2.45, 2.75) is 122 Å². The molecule has 178 valence electrons. The van der Waals surface area contributed by atoms with E-state index in [1.54, 1.807) is 6.92 Å². The van der Waals surface area contributed by atoms with Crippen LogP contribution in [0.4, 0.5) is 0 Å². The summed E-state index contributed by atoms with van der Waals surface area (Å²) in [5, 5.41) is 11.3. The molecule has 0 aromatic carbocycles. The third-order valence-corrected chi connectivity index (χ3v) is 5.83. The van der Waals surface area contributed by atoms with Crippen LogP contribution in [-0.2, 0) is 19.4 Å². The minimum absolute atomic E-state index is 0.348. The average molecular weight is 431 g/mol. The molecule has 0 radical (unpaired) electrons. The highest BCUT2D eigenvalue weighted by Crippen LogP contribution is 2.32. The van der Waals surface area contributed by atoms with Crippen LogP contribution < -0.4 is 11.5 Å². The van der Waals surface area contributed by atoms with Crippen LogP contribution in [0.2, 0.25) is 0 Å².